The Morgan fingerprint density at radius 2 is 2.09 bits per heavy atom. The molecule has 2 amide bonds. The molecule has 2 aromatic rings. The Hall–Kier alpha value is -2.41. The van der Waals surface area contributed by atoms with Crippen molar-refractivity contribution in [2.75, 3.05) is 19.5 Å². The number of anilines is 1. The maximum Gasteiger partial charge on any atom is 0.339 e. The topological polar surface area (TPSA) is 71.5 Å². The fraction of sp³-hybridized carbons (Fsp3) is 0.267. The van der Waals surface area contributed by atoms with E-state index in [9.17, 15) is 9.59 Å². The summed E-state index contributed by atoms with van der Waals surface area (Å²) < 4.78 is 4.70. The molecule has 7 heteroatoms. The first kappa shape index (κ1) is 16.0. The second-order valence-corrected chi connectivity index (χ2v) is 5.74. The second kappa shape index (κ2) is 7.04. The van der Waals surface area contributed by atoms with Crippen LogP contribution in [-0.2, 0) is 11.3 Å². The van der Waals surface area contributed by atoms with E-state index in [0.29, 0.717) is 17.8 Å². The van der Waals surface area contributed by atoms with Gasteiger partial charge in [-0.05, 0) is 19.1 Å². The number of nitrogens with zero attached hydrogens (tertiary/aromatic N) is 2. The van der Waals surface area contributed by atoms with Crippen molar-refractivity contribution in [3.8, 4) is 0 Å². The molecule has 0 aliphatic heterocycles. The number of benzene rings is 1. The summed E-state index contributed by atoms with van der Waals surface area (Å²) >= 11 is 1.54. The van der Waals surface area contributed by atoms with Gasteiger partial charge in [0.2, 0.25) is 0 Å². The number of carbonyl (C=O) groups is 2. The van der Waals surface area contributed by atoms with E-state index in [0.717, 1.165) is 10.7 Å². The highest BCUT2D eigenvalue weighted by molar-refractivity contribution is 7.09. The highest BCUT2D eigenvalue weighted by Crippen LogP contribution is 2.17. The molecule has 0 spiro atoms. The maximum atomic E-state index is 12.2. The van der Waals surface area contributed by atoms with Crippen molar-refractivity contribution >= 4 is 29.0 Å². The average molecular weight is 319 g/mol. The van der Waals surface area contributed by atoms with Crippen LogP contribution < -0.4 is 5.32 Å². The van der Waals surface area contributed by atoms with Gasteiger partial charge >= 0.3 is 12.0 Å². The lowest BCUT2D eigenvalue weighted by Gasteiger charge is -2.18. The van der Waals surface area contributed by atoms with Crippen molar-refractivity contribution in [1.82, 2.24) is 9.88 Å². The molecule has 0 radical (unpaired) electrons. The Bertz CT molecular complexity index is 684. The van der Waals surface area contributed by atoms with Crippen molar-refractivity contribution in [2.45, 2.75) is 13.5 Å². The zero-order valence-electron chi connectivity index (χ0n) is 12.6. The fourth-order valence-electron chi connectivity index (χ4n) is 1.89. The van der Waals surface area contributed by atoms with E-state index in [1.807, 2.05) is 12.3 Å². The van der Waals surface area contributed by atoms with Crippen LogP contribution in [-0.4, -0.2) is 36.0 Å². The largest absolute Gasteiger partial charge is 0.465 e. The number of nitrogens with one attached hydrogen (secondary N) is 1. The predicted octanol–water partition coefficient (Wildman–Crippen LogP) is 2.90. The van der Waals surface area contributed by atoms with Crippen LogP contribution in [0.15, 0.2) is 29.6 Å². The highest BCUT2D eigenvalue weighted by Gasteiger charge is 2.16. The summed E-state index contributed by atoms with van der Waals surface area (Å²) in [7, 11) is 2.97. The van der Waals surface area contributed by atoms with Gasteiger partial charge < -0.3 is 15.0 Å². The average Bonchev–Trinajstić information content (AvgIpc) is 2.92. The monoisotopic (exact) mass is 319 g/mol. The molecule has 1 N–H and O–H groups in total. The Balaban J connectivity index is 2.07. The summed E-state index contributed by atoms with van der Waals surface area (Å²) in [4.78, 5) is 29.7. The van der Waals surface area contributed by atoms with E-state index in [2.05, 4.69) is 10.3 Å². The summed E-state index contributed by atoms with van der Waals surface area (Å²) in [6.45, 7) is 2.32. The van der Waals surface area contributed by atoms with Gasteiger partial charge in [-0.1, -0.05) is 12.1 Å². The van der Waals surface area contributed by atoms with Crippen LogP contribution in [0.2, 0.25) is 0 Å². The summed E-state index contributed by atoms with van der Waals surface area (Å²) in [5, 5.41) is 5.59. The van der Waals surface area contributed by atoms with Crippen LogP contribution in [0.1, 0.15) is 21.1 Å². The third kappa shape index (κ3) is 3.82. The Morgan fingerprint density at radius 1 is 1.36 bits per heavy atom. The zero-order chi connectivity index (χ0) is 16.1. The first-order valence-corrected chi connectivity index (χ1v) is 7.49. The van der Waals surface area contributed by atoms with Crippen LogP contribution in [0, 0.1) is 6.92 Å². The molecule has 0 fully saturated rings. The quantitative estimate of drug-likeness (QED) is 0.880. The van der Waals surface area contributed by atoms with Gasteiger partial charge in [-0.2, -0.15) is 0 Å². The molecule has 1 aromatic heterocycles. The first-order valence-electron chi connectivity index (χ1n) is 6.61. The summed E-state index contributed by atoms with van der Waals surface area (Å²) in [5.41, 5.74) is 1.57. The van der Waals surface area contributed by atoms with E-state index >= 15 is 0 Å². The molecule has 0 aliphatic carbocycles. The van der Waals surface area contributed by atoms with Gasteiger partial charge in [0, 0.05) is 12.4 Å². The van der Waals surface area contributed by atoms with E-state index in [1.165, 1.54) is 12.0 Å². The third-order valence-electron chi connectivity index (χ3n) is 2.99. The molecule has 0 bridgehead atoms. The molecule has 22 heavy (non-hydrogen) atoms. The van der Waals surface area contributed by atoms with Gasteiger partial charge in [0.15, 0.2) is 0 Å². The number of thiazole rings is 1. The van der Waals surface area contributed by atoms with Crippen molar-refractivity contribution in [1.29, 1.82) is 0 Å². The van der Waals surface area contributed by atoms with E-state index in [1.54, 1.807) is 42.6 Å². The second-order valence-electron chi connectivity index (χ2n) is 4.68. The molecular weight excluding hydrogens is 302 g/mol. The van der Waals surface area contributed by atoms with Crippen LogP contribution in [0.3, 0.4) is 0 Å². The number of hydrogen-bond donors (Lipinski definition) is 1. The van der Waals surface area contributed by atoms with Crippen molar-refractivity contribution in [3.05, 3.63) is 45.9 Å². The normalized spacial score (nSPS) is 10.1. The van der Waals surface area contributed by atoms with Crippen molar-refractivity contribution in [2.24, 2.45) is 0 Å². The van der Waals surface area contributed by atoms with Crippen LogP contribution >= 0.6 is 11.3 Å². The minimum absolute atomic E-state index is 0.316. The maximum absolute atomic E-state index is 12.2. The molecule has 1 heterocycles. The van der Waals surface area contributed by atoms with Gasteiger partial charge in [-0.15, -0.1) is 11.3 Å². The number of aryl methyl sites for hydroxylation is 1. The lowest BCUT2D eigenvalue weighted by Crippen LogP contribution is -2.31. The van der Waals surface area contributed by atoms with E-state index in [4.69, 9.17) is 4.74 Å². The predicted molar refractivity (Wildman–Crippen MR) is 85.1 cm³/mol. The standard InChI is InChI=1S/C15H17N3O3S/c1-10-16-11(9-22-10)8-18(2)15(20)17-13-7-5-4-6-12(13)14(19)21-3/h4-7,9H,8H2,1-3H3,(H,17,20). The number of aromatic nitrogens is 1. The molecule has 0 saturated carbocycles. The molecule has 6 nitrogen and oxygen atoms in total. The van der Waals surface area contributed by atoms with Crippen molar-refractivity contribution in [3.63, 3.8) is 0 Å². The molecule has 0 unspecified atom stereocenters. The lowest BCUT2D eigenvalue weighted by atomic mass is 10.2. The number of amides is 2. The SMILES string of the molecule is COC(=O)c1ccccc1NC(=O)N(C)Cc1csc(C)n1. The van der Waals surface area contributed by atoms with Crippen molar-refractivity contribution < 1.29 is 14.3 Å². The highest BCUT2D eigenvalue weighted by atomic mass is 32.1. The minimum Gasteiger partial charge on any atom is -0.465 e. The van der Waals surface area contributed by atoms with Gasteiger partial charge in [0.25, 0.3) is 0 Å². The van der Waals surface area contributed by atoms with Crippen LogP contribution in [0.25, 0.3) is 0 Å². The number of hydrogen-bond acceptors (Lipinski definition) is 5. The first-order chi connectivity index (χ1) is 10.5. The Morgan fingerprint density at radius 3 is 2.73 bits per heavy atom. The lowest BCUT2D eigenvalue weighted by molar-refractivity contribution is 0.0602. The van der Waals surface area contributed by atoms with Crippen LogP contribution in [0.5, 0.6) is 0 Å². The minimum atomic E-state index is -0.492. The fourth-order valence-corrected chi connectivity index (χ4v) is 2.49. The zero-order valence-corrected chi connectivity index (χ0v) is 13.4. The van der Waals surface area contributed by atoms with Gasteiger partial charge in [-0.25, -0.2) is 14.6 Å². The van der Waals surface area contributed by atoms with E-state index in [-0.39, 0.29) is 6.03 Å². The number of ether oxygens (including phenoxy) is 1. The number of rotatable bonds is 4. The van der Waals surface area contributed by atoms with Gasteiger partial charge in [0.1, 0.15) is 0 Å². The van der Waals surface area contributed by atoms with E-state index < -0.39 is 5.97 Å². The molecule has 2 rings (SSSR count). The number of para-hydroxylation sites is 1. The number of carbonyl (C=O) groups excluding carboxylic acids is 2. The number of urea groups is 1. The van der Waals surface area contributed by atoms with Crippen LogP contribution in [0.4, 0.5) is 10.5 Å². The molecule has 0 atom stereocenters. The number of esters is 1. The Labute approximate surface area is 132 Å². The molecule has 0 saturated heterocycles. The molecular formula is C15H17N3O3S. The number of methoxy groups -OCH3 is 1. The molecule has 116 valence electrons. The Kier molecular flexibility index (Phi) is 5.11. The van der Waals surface area contributed by atoms with Gasteiger partial charge in [0.05, 0.1) is 35.6 Å². The van der Waals surface area contributed by atoms with Gasteiger partial charge in [-0.3, -0.25) is 0 Å². The summed E-state index contributed by atoms with van der Waals surface area (Å²) in [6.07, 6.45) is 0. The molecule has 1 aromatic carbocycles. The smallest absolute Gasteiger partial charge is 0.339 e. The summed E-state index contributed by atoms with van der Waals surface area (Å²) in [5.74, 6) is -0.492. The summed E-state index contributed by atoms with van der Waals surface area (Å²) in [6, 6.07) is 6.40. The molecule has 0 aliphatic rings. The third-order valence-corrected chi connectivity index (χ3v) is 3.81.